The molecule has 1 saturated heterocycles. The van der Waals surface area contributed by atoms with Crippen LogP contribution in [-0.4, -0.2) is 30.4 Å². The second-order valence-electron chi connectivity index (χ2n) is 6.21. The first-order chi connectivity index (χ1) is 10.7. The van der Waals surface area contributed by atoms with Crippen LogP contribution in [0.1, 0.15) is 48.9 Å². The van der Waals surface area contributed by atoms with E-state index in [1.54, 1.807) is 24.3 Å². The van der Waals surface area contributed by atoms with E-state index in [1.165, 1.54) is 6.42 Å². The number of rotatable bonds is 6. The van der Waals surface area contributed by atoms with Crippen molar-refractivity contribution >= 4 is 17.5 Å². The van der Waals surface area contributed by atoms with Crippen LogP contribution in [0.2, 0.25) is 0 Å². The maximum atomic E-state index is 11.9. The van der Waals surface area contributed by atoms with Crippen LogP contribution in [0.5, 0.6) is 0 Å². The molecule has 0 aromatic heterocycles. The van der Waals surface area contributed by atoms with Gasteiger partial charge < -0.3 is 16.0 Å². The summed E-state index contributed by atoms with van der Waals surface area (Å²) in [6, 6.07) is 7.92. The zero-order valence-electron chi connectivity index (χ0n) is 12.7. The number of hydrogen-bond donors (Lipinski definition) is 3. The lowest BCUT2D eigenvalue weighted by Crippen LogP contribution is -2.25. The lowest BCUT2D eigenvalue weighted by molar-refractivity contribution is -0.116. The quantitative estimate of drug-likeness (QED) is 0.753. The number of hydrogen-bond acceptors (Lipinski definition) is 3. The first kappa shape index (κ1) is 15.0. The van der Waals surface area contributed by atoms with Crippen LogP contribution in [0.4, 0.5) is 5.69 Å². The van der Waals surface area contributed by atoms with Crippen molar-refractivity contribution in [2.24, 2.45) is 0 Å². The molecule has 2 amide bonds. The fourth-order valence-electron chi connectivity index (χ4n) is 2.73. The molecular formula is C17H23N3O2. The minimum Gasteiger partial charge on any atom is -0.349 e. The Bertz CT molecular complexity index is 531. The lowest BCUT2D eigenvalue weighted by Gasteiger charge is -2.10. The largest absolute Gasteiger partial charge is 0.349 e. The van der Waals surface area contributed by atoms with Crippen molar-refractivity contribution in [3.8, 4) is 0 Å². The Balaban J connectivity index is 1.45. The molecule has 5 nitrogen and oxygen atoms in total. The minimum absolute atomic E-state index is 0.0314. The topological polar surface area (TPSA) is 70.2 Å². The predicted molar refractivity (Wildman–Crippen MR) is 85.8 cm³/mol. The maximum Gasteiger partial charge on any atom is 0.251 e. The molecule has 1 heterocycles. The molecule has 1 aromatic rings. The zero-order valence-corrected chi connectivity index (χ0v) is 12.7. The van der Waals surface area contributed by atoms with E-state index in [4.69, 9.17) is 0 Å². The van der Waals surface area contributed by atoms with Crippen LogP contribution < -0.4 is 16.0 Å². The Morgan fingerprint density at radius 2 is 1.91 bits per heavy atom. The summed E-state index contributed by atoms with van der Waals surface area (Å²) in [7, 11) is 0. The van der Waals surface area contributed by atoms with Crippen molar-refractivity contribution in [3.05, 3.63) is 29.8 Å². The Kier molecular flexibility index (Phi) is 4.73. The van der Waals surface area contributed by atoms with E-state index in [-0.39, 0.29) is 11.8 Å². The van der Waals surface area contributed by atoms with E-state index < -0.39 is 0 Å². The summed E-state index contributed by atoms with van der Waals surface area (Å²) in [4.78, 5) is 23.8. The SMILES string of the molecule is O=C(CCC1CCCN1)Nc1ccc(C(=O)NC2CC2)cc1. The number of benzene rings is 1. The fourth-order valence-corrected chi connectivity index (χ4v) is 2.73. The summed E-state index contributed by atoms with van der Waals surface area (Å²) >= 11 is 0. The molecule has 3 rings (SSSR count). The third-order valence-corrected chi connectivity index (χ3v) is 4.23. The molecule has 0 spiro atoms. The molecule has 118 valence electrons. The second kappa shape index (κ2) is 6.92. The van der Waals surface area contributed by atoms with Crippen LogP contribution in [0.15, 0.2) is 24.3 Å². The molecule has 22 heavy (non-hydrogen) atoms. The molecule has 2 aliphatic rings. The Morgan fingerprint density at radius 1 is 1.14 bits per heavy atom. The van der Waals surface area contributed by atoms with Gasteiger partial charge in [-0.15, -0.1) is 0 Å². The van der Waals surface area contributed by atoms with Crippen molar-refractivity contribution in [2.75, 3.05) is 11.9 Å². The molecule has 1 aliphatic heterocycles. The van der Waals surface area contributed by atoms with Crippen LogP contribution in [0, 0.1) is 0 Å². The highest BCUT2D eigenvalue weighted by Crippen LogP contribution is 2.20. The molecule has 3 N–H and O–H groups in total. The van der Waals surface area contributed by atoms with E-state index in [1.807, 2.05) is 0 Å². The van der Waals surface area contributed by atoms with Crippen LogP contribution >= 0.6 is 0 Å². The van der Waals surface area contributed by atoms with Gasteiger partial charge in [-0.05, 0) is 62.9 Å². The average Bonchev–Trinajstić information content (AvgIpc) is 3.17. The fraction of sp³-hybridized carbons (Fsp3) is 0.529. The van der Waals surface area contributed by atoms with E-state index in [0.29, 0.717) is 24.1 Å². The van der Waals surface area contributed by atoms with Gasteiger partial charge in [0.2, 0.25) is 5.91 Å². The molecule has 1 unspecified atom stereocenters. The van der Waals surface area contributed by atoms with E-state index in [2.05, 4.69) is 16.0 Å². The Hall–Kier alpha value is -1.88. The third-order valence-electron chi connectivity index (χ3n) is 4.23. The highest BCUT2D eigenvalue weighted by molar-refractivity contribution is 5.96. The molecule has 1 aliphatic carbocycles. The van der Waals surface area contributed by atoms with Gasteiger partial charge in [-0.1, -0.05) is 0 Å². The van der Waals surface area contributed by atoms with Crippen LogP contribution in [0.3, 0.4) is 0 Å². The lowest BCUT2D eigenvalue weighted by atomic mass is 10.1. The number of amides is 2. The van der Waals surface area contributed by atoms with Crippen molar-refractivity contribution in [1.82, 2.24) is 10.6 Å². The normalized spacial score (nSPS) is 20.6. The molecule has 1 atom stereocenters. The van der Waals surface area contributed by atoms with Gasteiger partial charge in [-0.3, -0.25) is 9.59 Å². The van der Waals surface area contributed by atoms with Gasteiger partial charge in [0.05, 0.1) is 0 Å². The van der Waals surface area contributed by atoms with Gasteiger partial charge in [0.1, 0.15) is 0 Å². The predicted octanol–water partition coefficient (Wildman–Crippen LogP) is 2.05. The Labute approximate surface area is 130 Å². The molecule has 1 saturated carbocycles. The van der Waals surface area contributed by atoms with Gasteiger partial charge in [0.15, 0.2) is 0 Å². The van der Waals surface area contributed by atoms with E-state index in [9.17, 15) is 9.59 Å². The second-order valence-corrected chi connectivity index (χ2v) is 6.21. The monoisotopic (exact) mass is 301 g/mol. The van der Waals surface area contributed by atoms with Crippen molar-refractivity contribution in [2.45, 2.75) is 50.6 Å². The first-order valence-electron chi connectivity index (χ1n) is 8.15. The van der Waals surface area contributed by atoms with Gasteiger partial charge in [-0.2, -0.15) is 0 Å². The summed E-state index contributed by atoms with van der Waals surface area (Å²) in [6.45, 7) is 1.07. The van der Waals surface area contributed by atoms with Crippen molar-refractivity contribution in [3.63, 3.8) is 0 Å². The van der Waals surface area contributed by atoms with Crippen molar-refractivity contribution in [1.29, 1.82) is 0 Å². The number of carbonyl (C=O) groups is 2. The minimum atomic E-state index is -0.0346. The number of carbonyl (C=O) groups excluding carboxylic acids is 2. The van der Waals surface area contributed by atoms with Gasteiger partial charge in [0, 0.05) is 29.8 Å². The van der Waals surface area contributed by atoms with Crippen LogP contribution in [-0.2, 0) is 4.79 Å². The number of nitrogens with one attached hydrogen (secondary N) is 3. The summed E-state index contributed by atoms with van der Waals surface area (Å²) < 4.78 is 0. The highest BCUT2D eigenvalue weighted by atomic mass is 16.2. The van der Waals surface area contributed by atoms with Crippen LogP contribution in [0.25, 0.3) is 0 Å². The van der Waals surface area contributed by atoms with E-state index in [0.717, 1.165) is 37.9 Å². The zero-order chi connectivity index (χ0) is 15.4. The summed E-state index contributed by atoms with van der Waals surface area (Å²) in [5.41, 5.74) is 1.38. The van der Waals surface area contributed by atoms with Gasteiger partial charge >= 0.3 is 0 Å². The molecule has 1 aromatic carbocycles. The van der Waals surface area contributed by atoms with Gasteiger partial charge in [0.25, 0.3) is 5.91 Å². The molecular weight excluding hydrogens is 278 g/mol. The molecule has 0 bridgehead atoms. The van der Waals surface area contributed by atoms with Crippen molar-refractivity contribution < 1.29 is 9.59 Å². The third kappa shape index (κ3) is 4.31. The van der Waals surface area contributed by atoms with E-state index >= 15 is 0 Å². The molecule has 2 fully saturated rings. The summed E-state index contributed by atoms with van der Waals surface area (Å²) in [5, 5.41) is 9.23. The smallest absolute Gasteiger partial charge is 0.251 e. The first-order valence-corrected chi connectivity index (χ1v) is 8.15. The Morgan fingerprint density at radius 3 is 2.55 bits per heavy atom. The summed E-state index contributed by atoms with van der Waals surface area (Å²) in [6.07, 6.45) is 5.94. The van der Waals surface area contributed by atoms with Gasteiger partial charge in [-0.25, -0.2) is 0 Å². The summed E-state index contributed by atoms with van der Waals surface area (Å²) in [5.74, 6) is -0.00318. The average molecular weight is 301 g/mol. The maximum absolute atomic E-state index is 11.9. The molecule has 0 radical (unpaired) electrons. The standard InChI is InChI=1S/C17H23N3O2/c21-16(10-9-13-2-1-11-18-13)19-14-5-3-12(4-6-14)17(22)20-15-7-8-15/h3-6,13,15,18H,1-2,7-11H2,(H,19,21)(H,20,22). The molecule has 5 heteroatoms. The number of anilines is 1. The highest BCUT2D eigenvalue weighted by Gasteiger charge is 2.23.